The molecule has 1 N–H and O–H groups in total. The zero-order valence-electron chi connectivity index (χ0n) is 20.8. The van der Waals surface area contributed by atoms with E-state index >= 15 is 0 Å². The number of amides is 1. The number of nitrogens with zero attached hydrogens (tertiary/aromatic N) is 1. The number of aryl methyl sites for hydroxylation is 2. The summed E-state index contributed by atoms with van der Waals surface area (Å²) in [5, 5.41) is 3.48. The van der Waals surface area contributed by atoms with Crippen molar-refractivity contribution in [1.29, 1.82) is 0 Å². The first-order chi connectivity index (χ1) is 16.8. The first-order valence-corrected chi connectivity index (χ1v) is 12.9. The molecule has 0 fully saturated rings. The number of carbonyl (C=O) groups excluding carboxylic acids is 2. The van der Waals surface area contributed by atoms with Gasteiger partial charge in [-0.1, -0.05) is 12.1 Å². The van der Waals surface area contributed by atoms with Gasteiger partial charge in [-0.05, 0) is 100 Å². The van der Waals surface area contributed by atoms with Crippen molar-refractivity contribution in [3.05, 3.63) is 95.2 Å². The standard InChI is InChI=1S/C28H28N2O5S/c1-18-14-19(2)16-24(15-18)36(33,34)30-13-12-20-6-7-22(17-25(20)30)26(31)29-23-10-8-21(9-11-23)27(32)35-28(3,4)5/h6-17H,1-5H3,(H,29,31). The fourth-order valence-electron chi connectivity index (χ4n) is 3.88. The molecule has 1 aromatic heterocycles. The van der Waals surface area contributed by atoms with Gasteiger partial charge in [-0.25, -0.2) is 17.2 Å². The molecule has 0 aliphatic rings. The number of benzene rings is 3. The van der Waals surface area contributed by atoms with Gasteiger partial charge < -0.3 is 10.1 Å². The normalized spacial score (nSPS) is 11.9. The van der Waals surface area contributed by atoms with Gasteiger partial charge in [0.15, 0.2) is 0 Å². The van der Waals surface area contributed by atoms with Crippen molar-refractivity contribution in [1.82, 2.24) is 3.97 Å². The van der Waals surface area contributed by atoms with Gasteiger partial charge in [0.05, 0.1) is 16.0 Å². The van der Waals surface area contributed by atoms with Gasteiger partial charge in [-0.2, -0.15) is 0 Å². The lowest BCUT2D eigenvalue weighted by molar-refractivity contribution is 0.00694. The molecule has 0 unspecified atom stereocenters. The van der Waals surface area contributed by atoms with E-state index in [0.29, 0.717) is 27.7 Å². The maximum Gasteiger partial charge on any atom is 0.338 e. The van der Waals surface area contributed by atoms with Gasteiger partial charge in [0.1, 0.15) is 5.60 Å². The highest BCUT2D eigenvalue weighted by Gasteiger charge is 2.21. The third-order valence-electron chi connectivity index (χ3n) is 5.45. The van der Waals surface area contributed by atoms with Crippen LogP contribution in [0.2, 0.25) is 0 Å². The highest BCUT2D eigenvalue weighted by Crippen LogP contribution is 2.25. The first kappa shape index (κ1) is 25.2. The lowest BCUT2D eigenvalue weighted by Gasteiger charge is -2.19. The van der Waals surface area contributed by atoms with Crippen molar-refractivity contribution in [3.8, 4) is 0 Å². The van der Waals surface area contributed by atoms with Crippen LogP contribution in [0.15, 0.2) is 77.8 Å². The van der Waals surface area contributed by atoms with E-state index in [1.54, 1.807) is 81.4 Å². The Hall–Kier alpha value is -3.91. The summed E-state index contributed by atoms with van der Waals surface area (Å²) in [5.74, 6) is -0.852. The largest absolute Gasteiger partial charge is 0.456 e. The summed E-state index contributed by atoms with van der Waals surface area (Å²) in [6.07, 6.45) is 1.49. The number of fused-ring (bicyclic) bond motifs is 1. The van der Waals surface area contributed by atoms with Crippen LogP contribution in [0.3, 0.4) is 0 Å². The maximum absolute atomic E-state index is 13.4. The molecular weight excluding hydrogens is 476 g/mol. The minimum absolute atomic E-state index is 0.192. The minimum Gasteiger partial charge on any atom is -0.456 e. The third-order valence-corrected chi connectivity index (χ3v) is 7.12. The van der Waals surface area contributed by atoms with Crippen LogP contribution < -0.4 is 5.32 Å². The summed E-state index contributed by atoms with van der Waals surface area (Å²) in [7, 11) is -3.85. The number of ether oxygens (including phenoxy) is 1. The van der Waals surface area contributed by atoms with E-state index in [-0.39, 0.29) is 4.90 Å². The minimum atomic E-state index is -3.85. The van der Waals surface area contributed by atoms with Crippen LogP contribution >= 0.6 is 0 Å². The molecule has 186 valence electrons. The number of anilines is 1. The topological polar surface area (TPSA) is 94.5 Å². The molecule has 0 atom stereocenters. The summed E-state index contributed by atoms with van der Waals surface area (Å²) in [6, 6.07) is 18.2. The molecular formula is C28H28N2O5S. The van der Waals surface area contributed by atoms with Crippen LogP contribution in [0, 0.1) is 13.8 Å². The Morgan fingerprint density at radius 1 is 0.833 bits per heavy atom. The van der Waals surface area contributed by atoms with E-state index in [1.165, 1.54) is 10.2 Å². The van der Waals surface area contributed by atoms with Gasteiger partial charge in [0, 0.05) is 22.8 Å². The van der Waals surface area contributed by atoms with Crippen molar-refractivity contribution >= 4 is 38.5 Å². The number of rotatable bonds is 5. The Bertz CT molecular complexity index is 1560. The van der Waals surface area contributed by atoms with Gasteiger partial charge in [-0.15, -0.1) is 0 Å². The number of hydrogen-bond donors (Lipinski definition) is 1. The second-order valence-corrected chi connectivity index (χ2v) is 11.6. The van der Waals surface area contributed by atoms with Crippen LogP contribution in [0.5, 0.6) is 0 Å². The molecule has 7 nitrogen and oxygen atoms in total. The highest BCUT2D eigenvalue weighted by molar-refractivity contribution is 7.90. The Kier molecular flexibility index (Phi) is 6.49. The Labute approximate surface area is 210 Å². The molecule has 1 amide bonds. The lowest BCUT2D eigenvalue weighted by Crippen LogP contribution is -2.23. The number of aromatic nitrogens is 1. The van der Waals surface area contributed by atoms with Crippen LogP contribution in [0.1, 0.15) is 52.6 Å². The molecule has 0 aliphatic carbocycles. The lowest BCUT2D eigenvalue weighted by atomic mass is 10.1. The van der Waals surface area contributed by atoms with Crippen LogP contribution in [-0.2, 0) is 14.8 Å². The summed E-state index contributed by atoms with van der Waals surface area (Å²) in [4.78, 5) is 25.3. The zero-order valence-corrected chi connectivity index (χ0v) is 21.6. The van der Waals surface area contributed by atoms with Crippen LogP contribution in [0.25, 0.3) is 10.9 Å². The Morgan fingerprint density at radius 3 is 2.06 bits per heavy atom. The molecule has 0 saturated heterocycles. The number of carbonyl (C=O) groups is 2. The highest BCUT2D eigenvalue weighted by atomic mass is 32.2. The van der Waals surface area contributed by atoms with Gasteiger partial charge in [-0.3, -0.25) is 4.79 Å². The second-order valence-electron chi connectivity index (χ2n) is 9.75. The van der Waals surface area contributed by atoms with Gasteiger partial charge >= 0.3 is 5.97 Å². The van der Waals surface area contributed by atoms with E-state index in [2.05, 4.69) is 5.32 Å². The monoisotopic (exact) mass is 504 g/mol. The molecule has 0 aliphatic heterocycles. The summed E-state index contributed by atoms with van der Waals surface area (Å²) < 4.78 is 33.3. The van der Waals surface area contributed by atoms with Gasteiger partial charge in [0.2, 0.25) is 0 Å². The van der Waals surface area contributed by atoms with E-state index in [9.17, 15) is 18.0 Å². The molecule has 36 heavy (non-hydrogen) atoms. The average molecular weight is 505 g/mol. The predicted molar refractivity (Wildman–Crippen MR) is 140 cm³/mol. The molecule has 4 rings (SSSR count). The van der Waals surface area contributed by atoms with Crippen molar-refractivity contribution in [2.75, 3.05) is 5.32 Å². The molecule has 8 heteroatoms. The zero-order chi connectivity index (χ0) is 26.3. The number of nitrogens with one attached hydrogen (secondary N) is 1. The number of esters is 1. The molecule has 3 aromatic carbocycles. The molecule has 0 bridgehead atoms. The van der Waals surface area contributed by atoms with E-state index < -0.39 is 27.5 Å². The van der Waals surface area contributed by atoms with Gasteiger partial charge in [0.25, 0.3) is 15.9 Å². The first-order valence-electron chi connectivity index (χ1n) is 11.4. The van der Waals surface area contributed by atoms with Crippen molar-refractivity contribution in [3.63, 3.8) is 0 Å². The SMILES string of the molecule is Cc1cc(C)cc(S(=O)(=O)n2ccc3ccc(C(=O)Nc4ccc(C(=O)OC(C)(C)C)cc4)cc32)c1. The summed E-state index contributed by atoms with van der Waals surface area (Å²) in [5.41, 5.74) is 2.66. The van der Waals surface area contributed by atoms with E-state index in [1.807, 2.05) is 19.9 Å². The summed E-state index contributed by atoms with van der Waals surface area (Å²) in [6.45, 7) is 9.07. The maximum atomic E-state index is 13.4. The van der Waals surface area contributed by atoms with Crippen molar-refractivity contribution in [2.45, 2.75) is 45.1 Å². The average Bonchev–Trinajstić information content (AvgIpc) is 3.22. The van der Waals surface area contributed by atoms with Crippen LogP contribution in [-0.4, -0.2) is 29.9 Å². The van der Waals surface area contributed by atoms with E-state index in [0.717, 1.165) is 11.1 Å². The molecule has 4 aromatic rings. The molecule has 0 radical (unpaired) electrons. The fraction of sp³-hybridized carbons (Fsp3) is 0.214. The third kappa shape index (κ3) is 5.33. The Morgan fingerprint density at radius 2 is 1.44 bits per heavy atom. The van der Waals surface area contributed by atoms with Crippen molar-refractivity contribution < 1.29 is 22.7 Å². The van der Waals surface area contributed by atoms with Crippen molar-refractivity contribution in [2.24, 2.45) is 0 Å². The number of hydrogen-bond acceptors (Lipinski definition) is 5. The smallest absolute Gasteiger partial charge is 0.338 e. The molecule has 1 heterocycles. The quantitative estimate of drug-likeness (QED) is 0.352. The fourth-order valence-corrected chi connectivity index (χ4v) is 5.41. The summed E-state index contributed by atoms with van der Waals surface area (Å²) >= 11 is 0. The van der Waals surface area contributed by atoms with Crippen LogP contribution in [0.4, 0.5) is 5.69 Å². The van der Waals surface area contributed by atoms with E-state index in [4.69, 9.17) is 4.74 Å². The molecule has 0 saturated carbocycles. The second kappa shape index (κ2) is 9.28. The Balaban J connectivity index is 1.59. The predicted octanol–water partition coefficient (Wildman–Crippen LogP) is 5.70. The molecule has 0 spiro atoms.